The summed E-state index contributed by atoms with van der Waals surface area (Å²) in [7, 11) is 1.91. The molecule has 15 heavy (non-hydrogen) atoms. The molecule has 3 N–H and O–H groups in total. The molecular formula is C10H16N4O. The van der Waals surface area contributed by atoms with Gasteiger partial charge in [-0.25, -0.2) is 5.10 Å². The van der Waals surface area contributed by atoms with Crippen LogP contribution in [0.15, 0.2) is 4.79 Å². The van der Waals surface area contributed by atoms with Crippen molar-refractivity contribution in [1.82, 2.24) is 15.5 Å². The number of nitrogens with zero attached hydrogens (tertiary/aromatic N) is 1. The maximum atomic E-state index is 11.5. The van der Waals surface area contributed by atoms with Gasteiger partial charge in [0.25, 0.3) is 5.56 Å². The molecule has 2 heterocycles. The highest BCUT2D eigenvalue weighted by atomic mass is 16.1. The fourth-order valence-electron chi connectivity index (χ4n) is 1.88. The quantitative estimate of drug-likeness (QED) is 0.648. The zero-order chi connectivity index (χ0) is 10.7. The van der Waals surface area contributed by atoms with Crippen molar-refractivity contribution in [2.45, 2.75) is 19.3 Å². The van der Waals surface area contributed by atoms with Gasteiger partial charge in [0.1, 0.15) is 0 Å². The van der Waals surface area contributed by atoms with E-state index in [1.165, 1.54) is 0 Å². The number of aromatic amines is 1. The van der Waals surface area contributed by atoms with Crippen LogP contribution in [-0.4, -0.2) is 30.3 Å². The molecule has 0 fully saturated rings. The van der Waals surface area contributed by atoms with Crippen LogP contribution < -0.4 is 16.2 Å². The Labute approximate surface area is 88.3 Å². The van der Waals surface area contributed by atoms with E-state index in [4.69, 9.17) is 0 Å². The fourth-order valence-corrected chi connectivity index (χ4v) is 1.88. The van der Waals surface area contributed by atoms with Crippen LogP contribution in [0, 0.1) is 0 Å². The molecule has 0 aromatic carbocycles. The molecule has 0 amide bonds. The van der Waals surface area contributed by atoms with Crippen molar-refractivity contribution in [2.75, 3.05) is 25.5 Å². The summed E-state index contributed by atoms with van der Waals surface area (Å²) in [5.74, 6) is 0. The molecule has 0 unspecified atom stereocenters. The summed E-state index contributed by atoms with van der Waals surface area (Å²) in [5, 5.41) is 13.0. The minimum Gasteiger partial charge on any atom is -0.383 e. The first-order valence-electron chi connectivity index (χ1n) is 5.32. The Hall–Kier alpha value is -1.36. The average molecular weight is 208 g/mol. The van der Waals surface area contributed by atoms with Gasteiger partial charge in [-0.2, -0.15) is 5.10 Å². The second-order valence-corrected chi connectivity index (χ2v) is 3.74. The molecule has 0 bridgehead atoms. The Morgan fingerprint density at radius 1 is 1.53 bits per heavy atom. The van der Waals surface area contributed by atoms with E-state index in [9.17, 15) is 4.79 Å². The molecule has 0 aliphatic carbocycles. The summed E-state index contributed by atoms with van der Waals surface area (Å²) in [6, 6.07) is 0. The van der Waals surface area contributed by atoms with Crippen molar-refractivity contribution < 1.29 is 0 Å². The smallest absolute Gasteiger partial charge is 0.269 e. The van der Waals surface area contributed by atoms with Gasteiger partial charge in [0.15, 0.2) is 0 Å². The third-order valence-electron chi connectivity index (χ3n) is 2.67. The third-order valence-corrected chi connectivity index (χ3v) is 2.67. The van der Waals surface area contributed by atoms with Gasteiger partial charge in [0.05, 0.1) is 11.4 Å². The zero-order valence-corrected chi connectivity index (χ0v) is 8.89. The molecule has 0 radical (unpaired) electrons. The van der Waals surface area contributed by atoms with Gasteiger partial charge in [0.2, 0.25) is 0 Å². The molecule has 0 saturated heterocycles. The number of H-pyrrole nitrogens is 1. The molecule has 2 rings (SSSR count). The monoisotopic (exact) mass is 208 g/mol. The average Bonchev–Trinajstić information content (AvgIpc) is 2.29. The van der Waals surface area contributed by atoms with E-state index in [-0.39, 0.29) is 5.56 Å². The van der Waals surface area contributed by atoms with E-state index in [0.29, 0.717) is 0 Å². The Balaban J connectivity index is 2.35. The van der Waals surface area contributed by atoms with Crippen LogP contribution in [0.4, 0.5) is 5.69 Å². The predicted octanol–water partition coefficient (Wildman–Crippen LogP) is -0.110. The molecule has 1 aliphatic heterocycles. The van der Waals surface area contributed by atoms with E-state index >= 15 is 0 Å². The highest BCUT2D eigenvalue weighted by Crippen LogP contribution is 2.20. The topological polar surface area (TPSA) is 69.8 Å². The van der Waals surface area contributed by atoms with Crippen LogP contribution in [0.5, 0.6) is 0 Å². The van der Waals surface area contributed by atoms with Crippen molar-refractivity contribution in [2.24, 2.45) is 0 Å². The van der Waals surface area contributed by atoms with E-state index in [0.717, 1.165) is 49.3 Å². The lowest BCUT2D eigenvalue weighted by Crippen LogP contribution is -2.26. The lowest BCUT2D eigenvalue weighted by atomic mass is 10.0. The lowest BCUT2D eigenvalue weighted by Gasteiger charge is -2.19. The largest absolute Gasteiger partial charge is 0.383 e. The second-order valence-electron chi connectivity index (χ2n) is 3.74. The minimum absolute atomic E-state index is 0.0505. The van der Waals surface area contributed by atoms with E-state index in [1.807, 2.05) is 7.05 Å². The molecule has 1 aromatic rings. The van der Waals surface area contributed by atoms with Gasteiger partial charge < -0.3 is 10.6 Å². The first kappa shape index (κ1) is 10.2. The maximum absolute atomic E-state index is 11.5. The molecule has 0 atom stereocenters. The molecule has 5 heteroatoms. The van der Waals surface area contributed by atoms with Gasteiger partial charge in [-0.1, -0.05) is 0 Å². The summed E-state index contributed by atoms with van der Waals surface area (Å²) in [5.41, 5.74) is 2.73. The van der Waals surface area contributed by atoms with E-state index in [2.05, 4.69) is 20.8 Å². The number of anilines is 1. The molecule has 1 aliphatic rings. The lowest BCUT2D eigenvalue weighted by molar-refractivity contribution is 0.734. The summed E-state index contributed by atoms with van der Waals surface area (Å²) in [6.45, 7) is 1.80. The molecule has 82 valence electrons. The van der Waals surface area contributed by atoms with Crippen LogP contribution in [-0.2, 0) is 12.8 Å². The number of nitrogens with one attached hydrogen (secondary N) is 3. The van der Waals surface area contributed by atoms with Gasteiger partial charge in [0, 0.05) is 25.1 Å². The summed E-state index contributed by atoms with van der Waals surface area (Å²) >= 11 is 0. The van der Waals surface area contributed by atoms with Crippen molar-refractivity contribution >= 4 is 5.69 Å². The number of fused-ring (bicyclic) bond motifs is 1. The first-order valence-corrected chi connectivity index (χ1v) is 5.32. The van der Waals surface area contributed by atoms with Gasteiger partial charge >= 0.3 is 0 Å². The van der Waals surface area contributed by atoms with Crippen LogP contribution in [0.2, 0.25) is 0 Å². The zero-order valence-electron chi connectivity index (χ0n) is 8.89. The highest BCUT2D eigenvalue weighted by Gasteiger charge is 2.16. The number of likely N-dealkylation sites (N-methyl/N-ethyl adjacent to an activating group) is 1. The molecular weight excluding hydrogens is 192 g/mol. The predicted molar refractivity (Wildman–Crippen MR) is 59.3 cm³/mol. The van der Waals surface area contributed by atoms with Crippen LogP contribution >= 0.6 is 0 Å². The summed E-state index contributed by atoms with van der Waals surface area (Å²) < 4.78 is 0. The molecule has 1 aromatic heterocycles. The number of hydrogen-bond acceptors (Lipinski definition) is 4. The highest BCUT2D eigenvalue weighted by molar-refractivity contribution is 5.55. The van der Waals surface area contributed by atoms with Crippen LogP contribution in [0.25, 0.3) is 0 Å². The second kappa shape index (κ2) is 4.44. The SMILES string of the molecule is CNCCc1n[nH]c(=O)c2c1NCCC2. The number of aromatic nitrogens is 2. The molecule has 0 spiro atoms. The van der Waals surface area contributed by atoms with E-state index in [1.54, 1.807) is 0 Å². The normalized spacial score (nSPS) is 14.5. The van der Waals surface area contributed by atoms with Gasteiger partial charge in [-0.3, -0.25) is 4.79 Å². The number of rotatable bonds is 3. The Morgan fingerprint density at radius 3 is 3.20 bits per heavy atom. The first-order chi connectivity index (χ1) is 7.33. The van der Waals surface area contributed by atoms with Crippen molar-refractivity contribution in [3.8, 4) is 0 Å². The standard InChI is InChI=1S/C10H16N4O/c1-11-6-4-8-9-7(3-2-5-12-9)10(15)14-13-8/h11-12H,2-6H2,1H3,(H,14,15). The number of hydrogen-bond donors (Lipinski definition) is 3. The van der Waals surface area contributed by atoms with Crippen molar-refractivity contribution in [3.63, 3.8) is 0 Å². The van der Waals surface area contributed by atoms with Crippen molar-refractivity contribution in [1.29, 1.82) is 0 Å². The van der Waals surface area contributed by atoms with Gasteiger partial charge in [-0.15, -0.1) is 0 Å². The Morgan fingerprint density at radius 2 is 2.40 bits per heavy atom. The fraction of sp³-hybridized carbons (Fsp3) is 0.600. The van der Waals surface area contributed by atoms with Crippen LogP contribution in [0.3, 0.4) is 0 Å². The molecule has 0 saturated carbocycles. The third kappa shape index (κ3) is 2.02. The summed E-state index contributed by atoms with van der Waals surface area (Å²) in [6.07, 6.45) is 2.71. The Bertz CT molecular complexity index is 399. The van der Waals surface area contributed by atoms with Gasteiger partial charge in [-0.05, 0) is 19.9 Å². The maximum Gasteiger partial charge on any atom is 0.269 e. The minimum atomic E-state index is -0.0505. The van der Waals surface area contributed by atoms with Crippen molar-refractivity contribution in [3.05, 3.63) is 21.6 Å². The van der Waals surface area contributed by atoms with E-state index < -0.39 is 0 Å². The van der Waals surface area contributed by atoms with Crippen LogP contribution in [0.1, 0.15) is 17.7 Å². The molecule has 5 nitrogen and oxygen atoms in total. The Kier molecular flexibility index (Phi) is 3.01. The summed E-state index contributed by atoms with van der Waals surface area (Å²) in [4.78, 5) is 11.5.